The molecule has 0 saturated heterocycles. The number of aliphatic hydroxyl groups excluding tert-OH is 1. The van der Waals surface area contributed by atoms with E-state index < -0.39 is 28.6 Å². The predicted molar refractivity (Wildman–Crippen MR) is 96.1 cm³/mol. The number of rotatable bonds is 7. The molecular weight excluding hydrogens is 340 g/mol. The SMILES string of the molecule is CC(C(=O)[C@@](C)(Cl)C(=O)OCc1ccccc1)[C@H](O)c1ccccc1. The third-order valence-corrected chi connectivity index (χ3v) is 4.43. The number of Topliss-reactive ketones (excluding diaryl/α,β-unsaturated/α-hetero) is 1. The van der Waals surface area contributed by atoms with Crippen molar-refractivity contribution >= 4 is 23.4 Å². The van der Waals surface area contributed by atoms with Crippen molar-refractivity contribution in [2.24, 2.45) is 5.92 Å². The van der Waals surface area contributed by atoms with Crippen LogP contribution in [0.5, 0.6) is 0 Å². The number of benzene rings is 2. The number of ketones is 1. The monoisotopic (exact) mass is 360 g/mol. The first kappa shape index (κ1) is 19.2. The molecule has 0 saturated carbocycles. The minimum Gasteiger partial charge on any atom is -0.459 e. The lowest BCUT2D eigenvalue weighted by molar-refractivity contribution is -0.152. The quantitative estimate of drug-likeness (QED) is 0.465. The van der Waals surface area contributed by atoms with Gasteiger partial charge in [-0.1, -0.05) is 79.2 Å². The third kappa shape index (κ3) is 4.68. The van der Waals surface area contributed by atoms with E-state index in [1.807, 2.05) is 36.4 Å². The van der Waals surface area contributed by atoms with E-state index in [1.54, 1.807) is 31.2 Å². The Morgan fingerprint density at radius 2 is 1.60 bits per heavy atom. The summed E-state index contributed by atoms with van der Waals surface area (Å²) in [5.41, 5.74) is 1.39. The van der Waals surface area contributed by atoms with E-state index in [2.05, 4.69) is 0 Å². The third-order valence-electron chi connectivity index (χ3n) is 4.09. The van der Waals surface area contributed by atoms with Crippen molar-refractivity contribution in [2.75, 3.05) is 0 Å². The number of halogens is 1. The number of hydrogen-bond acceptors (Lipinski definition) is 4. The number of alkyl halides is 1. The maximum absolute atomic E-state index is 12.6. The van der Waals surface area contributed by atoms with E-state index >= 15 is 0 Å². The van der Waals surface area contributed by atoms with Gasteiger partial charge in [0, 0.05) is 5.92 Å². The highest BCUT2D eigenvalue weighted by Crippen LogP contribution is 2.30. The van der Waals surface area contributed by atoms with Gasteiger partial charge < -0.3 is 9.84 Å². The molecule has 0 aliphatic rings. The summed E-state index contributed by atoms with van der Waals surface area (Å²) in [7, 11) is 0. The molecule has 0 aliphatic carbocycles. The van der Waals surface area contributed by atoms with Gasteiger partial charge in [0.1, 0.15) is 6.61 Å². The van der Waals surface area contributed by atoms with Crippen molar-refractivity contribution in [1.82, 2.24) is 0 Å². The van der Waals surface area contributed by atoms with Crippen LogP contribution in [0.2, 0.25) is 0 Å². The Morgan fingerprint density at radius 1 is 1.08 bits per heavy atom. The van der Waals surface area contributed by atoms with Gasteiger partial charge in [-0.2, -0.15) is 0 Å². The van der Waals surface area contributed by atoms with Crippen molar-refractivity contribution in [2.45, 2.75) is 31.4 Å². The summed E-state index contributed by atoms with van der Waals surface area (Å²) in [5, 5.41) is 10.4. The van der Waals surface area contributed by atoms with Crippen molar-refractivity contribution < 1.29 is 19.4 Å². The number of aliphatic hydroxyl groups is 1. The van der Waals surface area contributed by atoms with E-state index in [0.717, 1.165) is 5.56 Å². The molecule has 0 bridgehead atoms. The first-order valence-electron chi connectivity index (χ1n) is 8.01. The summed E-state index contributed by atoms with van der Waals surface area (Å²) < 4.78 is 5.18. The van der Waals surface area contributed by atoms with Gasteiger partial charge in [-0.15, -0.1) is 0 Å². The summed E-state index contributed by atoms with van der Waals surface area (Å²) in [6, 6.07) is 17.9. The molecule has 2 aromatic carbocycles. The average Bonchev–Trinajstić information content (AvgIpc) is 2.65. The Bertz CT molecular complexity index is 713. The van der Waals surface area contributed by atoms with Crippen LogP contribution < -0.4 is 0 Å². The Balaban J connectivity index is 2.03. The fourth-order valence-corrected chi connectivity index (χ4v) is 2.70. The van der Waals surface area contributed by atoms with Crippen molar-refractivity contribution in [3.05, 3.63) is 71.8 Å². The summed E-state index contributed by atoms with van der Waals surface area (Å²) >= 11 is 6.19. The standard InChI is InChI=1S/C20H21ClO4/c1-14(17(22)16-11-7-4-8-12-16)18(23)20(2,21)19(24)25-13-15-9-5-3-6-10-15/h3-12,14,17,22H,13H2,1-2H3/t14?,17-,20+/m0/s1. The topological polar surface area (TPSA) is 63.6 Å². The predicted octanol–water partition coefficient (Wildman–Crippen LogP) is 3.67. The first-order chi connectivity index (χ1) is 11.8. The normalized spacial score (nSPS) is 15.7. The smallest absolute Gasteiger partial charge is 0.334 e. The second kappa shape index (κ2) is 8.28. The molecule has 132 valence electrons. The molecule has 25 heavy (non-hydrogen) atoms. The molecule has 0 radical (unpaired) electrons. The van der Waals surface area contributed by atoms with Crippen LogP contribution in [0, 0.1) is 5.92 Å². The molecule has 0 amide bonds. The number of esters is 1. The summed E-state index contributed by atoms with van der Waals surface area (Å²) in [6.07, 6.45) is -1.05. The van der Waals surface area contributed by atoms with Crippen LogP contribution in [0.3, 0.4) is 0 Å². The minimum absolute atomic E-state index is 0.0326. The molecule has 0 aromatic heterocycles. The molecular formula is C20H21ClO4. The zero-order valence-corrected chi connectivity index (χ0v) is 14.9. The lowest BCUT2D eigenvalue weighted by Gasteiger charge is -2.25. The lowest BCUT2D eigenvalue weighted by Crippen LogP contribution is -2.44. The first-order valence-corrected chi connectivity index (χ1v) is 8.39. The average molecular weight is 361 g/mol. The zero-order valence-electron chi connectivity index (χ0n) is 14.2. The van der Waals surface area contributed by atoms with Crippen molar-refractivity contribution in [1.29, 1.82) is 0 Å². The molecule has 0 aliphatic heterocycles. The van der Waals surface area contributed by atoms with Gasteiger partial charge in [-0.25, -0.2) is 4.79 Å². The number of hydrogen-bond donors (Lipinski definition) is 1. The fourth-order valence-electron chi connectivity index (χ4n) is 2.47. The van der Waals surface area contributed by atoms with Crippen LogP contribution in [-0.2, 0) is 20.9 Å². The van der Waals surface area contributed by atoms with Crippen LogP contribution in [0.25, 0.3) is 0 Å². The molecule has 5 heteroatoms. The second-order valence-electron chi connectivity index (χ2n) is 6.07. The fraction of sp³-hybridized carbons (Fsp3) is 0.300. The van der Waals surface area contributed by atoms with Crippen LogP contribution in [0.4, 0.5) is 0 Å². The maximum atomic E-state index is 12.6. The van der Waals surface area contributed by atoms with Crippen molar-refractivity contribution in [3.63, 3.8) is 0 Å². The van der Waals surface area contributed by atoms with Crippen LogP contribution in [0.1, 0.15) is 31.1 Å². The highest BCUT2D eigenvalue weighted by molar-refractivity contribution is 6.45. The molecule has 1 unspecified atom stereocenters. The van der Waals surface area contributed by atoms with E-state index in [1.165, 1.54) is 6.92 Å². The molecule has 2 aromatic rings. The van der Waals surface area contributed by atoms with Gasteiger partial charge in [-0.05, 0) is 18.1 Å². The van der Waals surface area contributed by atoms with Gasteiger partial charge in [0.2, 0.25) is 0 Å². The van der Waals surface area contributed by atoms with Crippen molar-refractivity contribution in [3.8, 4) is 0 Å². The molecule has 0 fully saturated rings. The summed E-state index contributed by atoms with van der Waals surface area (Å²) in [4.78, 5) is 23.1. The second-order valence-corrected chi connectivity index (χ2v) is 6.83. The van der Waals surface area contributed by atoms with Crippen LogP contribution >= 0.6 is 11.6 Å². The number of carbonyl (C=O) groups excluding carboxylic acids is 2. The van der Waals surface area contributed by atoms with Crippen LogP contribution in [-0.4, -0.2) is 21.7 Å². The van der Waals surface area contributed by atoms with Gasteiger partial charge >= 0.3 is 5.97 Å². The van der Waals surface area contributed by atoms with Gasteiger partial charge in [0.05, 0.1) is 6.10 Å². The van der Waals surface area contributed by atoms with E-state index in [4.69, 9.17) is 16.3 Å². The molecule has 3 atom stereocenters. The molecule has 1 N–H and O–H groups in total. The van der Waals surface area contributed by atoms with E-state index in [-0.39, 0.29) is 6.61 Å². The molecule has 0 heterocycles. The Hall–Kier alpha value is -2.17. The molecule has 0 spiro atoms. The Kier molecular flexibility index (Phi) is 6.34. The Labute approximate surface area is 152 Å². The zero-order chi connectivity index (χ0) is 18.4. The lowest BCUT2D eigenvalue weighted by atomic mass is 9.87. The van der Waals surface area contributed by atoms with Gasteiger partial charge in [0.25, 0.3) is 0 Å². The van der Waals surface area contributed by atoms with E-state index in [0.29, 0.717) is 5.56 Å². The van der Waals surface area contributed by atoms with Gasteiger partial charge in [0.15, 0.2) is 10.7 Å². The minimum atomic E-state index is -1.86. The Morgan fingerprint density at radius 3 is 2.16 bits per heavy atom. The largest absolute Gasteiger partial charge is 0.459 e. The van der Waals surface area contributed by atoms with Crippen LogP contribution in [0.15, 0.2) is 60.7 Å². The molecule has 2 rings (SSSR count). The summed E-state index contributed by atoms with van der Waals surface area (Å²) in [6.45, 7) is 2.88. The number of ether oxygens (including phenoxy) is 1. The molecule has 4 nitrogen and oxygen atoms in total. The van der Waals surface area contributed by atoms with E-state index in [9.17, 15) is 14.7 Å². The number of carbonyl (C=O) groups is 2. The van der Waals surface area contributed by atoms with Gasteiger partial charge in [-0.3, -0.25) is 4.79 Å². The highest BCUT2D eigenvalue weighted by atomic mass is 35.5. The summed E-state index contributed by atoms with van der Waals surface area (Å²) in [5.74, 6) is -2.26. The highest BCUT2D eigenvalue weighted by Gasteiger charge is 2.44. The maximum Gasteiger partial charge on any atom is 0.334 e.